The lowest BCUT2D eigenvalue weighted by molar-refractivity contribution is -0.124. The van der Waals surface area contributed by atoms with Crippen molar-refractivity contribution in [2.45, 2.75) is 0 Å². The quantitative estimate of drug-likeness (QED) is 0.898. The molecule has 3 amide bonds. The number of benzene rings is 1. The molecular formula is C16H13FN2O4S. The van der Waals surface area contributed by atoms with Crippen LogP contribution in [0, 0.1) is 5.82 Å². The molecule has 1 aliphatic heterocycles. The van der Waals surface area contributed by atoms with Crippen molar-refractivity contribution in [3.05, 3.63) is 48.0 Å². The molecule has 1 N–H and O–H groups in total. The minimum Gasteiger partial charge on any atom is -0.451 e. The predicted molar refractivity (Wildman–Crippen MR) is 86.0 cm³/mol. The molecule has 1 aromatic heterocycles. The van der Waals surface area contributed by atoms with Crippen molar-refractivity contribution >= 4 is 28.8 Å². The highest BCUT2D eigenvalue weighted by atomic mass is 32.2. The lowest BCUT2D eigenvalue weighted by Crippen LogP contribution is -2.37. The van der Waals surface area contributed by atoms with E-state index in [0.29, 0.717) is 11.3 Å². The molecule has 0 spiro atoms. The average molecular weight is 348 g/mol. The lowest BCUT2D eigenvalue weighted by Gasteiger charge is -2.12. The van der Waals surface area contributed by atoms with Gasteiger partial charge in [0.05, 0.1) is 5.75 Å². The summed E-state index contributed by atoms with van der Waals surface area (Å²) < 4.78 is 18.4. The number of furan rings is 1. The van der Waals surface area contributed by atoms with Crippen LogP contribution in [0.3, 0.4) is 0 Å². The molecule has 0 saturated carbocycles. The van der Waals surface area contributed by atoms with Crippen molar-refractivity contribution in [2.24, 2.45) is 0 Å². The van der Waals surface area contributed by atoms with Gasteiger partial charge in [0.2, 0.25) is 5.91 Å². The first-order valence-corrected chi connectivity index (χ1v) is 8.14. The zero-order chi connectivity index (χ0) is 17.1. The van der Waals surface area contributed by atoms with Gasteiger partial charge in [0.1, 0.15) is 11.6 Å². The minimum atomic E-state index is -0.449. The van der Waals surface area contributed by atoms with E-state index >= 15 is 0 Å². The van der Waals surface area contributed by atoms with Gasteiger partial charge in [0, 0.05) is 18.7 Å². The van der Waals surface area contributed by atoms with Gasteiger partial charge in [-0.15, -0.1) is 0 Å². The van der Waals surface area contributed by atoms with Crippen molar-refractivity contribution in [3.63, 3.8) is 0 Å². The van der Waals surface area contributed by atoms with E-state index in [2.05, 4.69) is 5.32 Å². The Morgan fingerprint density at radius 3 is 2.62 bits per heavy atom. The maximum atomic E-state index is 12.9. The van der Waals surface area contributed by atoms with Crippen LogP contribution < -0.4 is 5.32 Å². The molecule has 0 bridgehead atoms. The van der Waals surface area contributed by atoms with Gasteiger partial charge >= 0.3 is 0 Å². The number of nitrogens with zero attached hydrogens (tertiary/aromatic N) is 1. The second-order valence-corrected chi connectivity index (χ2v) is 5.95. The third kappa shape index (κ3) is 3.48. The molecule has 1 saturated heterocycles. The van der Waals surface area contributed by atoms with Crippen LogP contribution in [0.25, 0.3) is 11.3 Å². The maximum absolute atomic E-state index is 12.9. The number of carbonyl (C=O) groups is 3. The molecule has 0 unspecified atom stereocenters. The van der Waals surface area contributed by atoms with Gasteiger partial charge in [-0.3, -0.25) is 19.3 Å². The Labute approximate surface area is 141 Å². The van der Waals surface area contributed by atoms with E-state index in [1.54, 1.807) is 18.2 Å². The van der Waals surface area contributed by atoms with E-state index in [9.17, 15) is 18.8 Å². The largest absolute Gasteiger partial charge is 0.451 e. The summed E-state index contributed by atoms with van der Waals surface area (Å²) >= 11 is 0.950. The van der Waals surface area contributed by atoms with Crippen LogP contribution in [-0.4, -0.2) is 40.8 Å². The predicted octanol–water partition coefficient (Wildman–Crippen LogP) is 2.51. The van der Waals surface area contributed by atoms with Crippen LogP contribution in [0.5, 0.6) is 0 Å². The van der Waals surface area contributed by atoms with Crippen LogP contribution >= 0.6 is 11.8 Å². The third-order valence-corrected chi connectivity index (χ3v) is 4.28. The van der Waals surface area contributed by atoms with Crippen molar-refractivity contribution < 1.29 is 23.2 Å². The number of nitrogens with one attached hydrogen (secondary N) is 1. The average Bonchev–Trinajstić information content (AvgIpc) is 3.17. The van der Waals surface area contributed by atoms with E-state index in [1.807, 2.05) is 0 Å². The number of hydrogen-bond acceptors (Lipinski definition) is 5. The van der Waals surface area contributed by atoms with Gasteiger partial charge < -0.3 is 9.73 Å². The lowest BCUT2D eigenvalue weighted by atomic mass is 10.2. The topological polar surface area (TPSA) is 79.6 Å². The van der Waals surface area contributed by atoms with Crippen LogP contribution in [-0.2, 0) is 4.79 Å². The molecule has 1 aromatic carbocycles. The number of hydrogen-bond donors (Lipinski definition) is 1. The molecule has 0 aliphatic carbocycles. The second kappa shape index (κ2) is 6.88. The molecule has 8 heteroatoms. The Kier molecular flexibility index (Phi) is 4.66. The fraction of sp³-hybridized carbons (Fsp3) is 0.188. The molecule has 0 atom stereocenters. The standard InChI is InChI=1S/C16H13FN2O4S/c17-11-3-1-10(2-4-11)12-5-6-13(23-12)15(21)18-7-8-19-14(20)9-24-16(19)22/h1-6H,7-9H2,(H,18,21). The van der Waals surface area contributed by atoms with Crippen LogP contribution in [0.2, 0.25) is 0 Å². The molecular weight excluding hydrogens is 335 g/mol. The highest BCUT2D eigenvalue weighted by Gasteiger charge is 2.29. The third-order valence-electron chi connectivity index (χ3n) is 3.42. The first-order valence-electron chi connectivity index (χ1n) is 7.16. The fourth-order valence-corrected chi connectivity index (χ4v) is 2.95. The van der Waals surface area contributed by atoms with E-state index < -0.39 is 5.91 Å². The second-order valence-electron chi connectivity index (χ2n) is 5.03. The maximum Gasteiger partial charge on any atom is 0.288 e. The summed E-state index contributed by atoms with van der Waals surface area (Å²) in [6.45, 7) is 0.269. The summed E-state index contributed by atoms with van der Waals surface area (Å²) in [5.41, 5.74) is 0.653. The van der Waals surface area contributed by atoms with Crippen LogP contribution in [0.4, 0.5) is 9.18 Å². The monoisotopic (exact) mass is 348 g/mol. The van der Waals surface area contributed by atoms with Crippen LogP contribution in [0.1, 0.15) is 10.6 Å². The smallest absolute Gasteiger partial charge is 0.288 e. The number of amides is 3. The van der Waals surface area contributed by atoms with Crippen LogP contribution in [0.15, 0.2) is 40.8 Å². The summed E-state index contributed by atoms with van der Waals surface area (Å²) in [5.74, 6) is -0.367. The molecule has 1 aliphatic rings. The first-order chi connectivity index (χ1) is 11.5. The van der Waals surface area contributed by atoms with Gasteiger partial charge in [0.25, 0.3) is 11.1 Å². The first kappa shape index (κ1) is 16.3. The Morgan fingerprint density at radius 2 is 1.96 bits per heavy atom. The van der Waals surface area contributed by atoms with E-state index in [0.717, 1.165) is 16.7 Å². The number of thioether (sulfide) groups is 1. The van der Waals surface area contributed by atoms with E-state index in [-0.39, 0.29) is 41.6 Å². The Balaban J connectivity index is 1.57. The van der Waals surface area contributed by atoms with Crippen molar-refractivity contribution in [3.8, 4) is 11.3 Å². The van der Waals surface area contributed by atoms with Gasteiger partial charge in [-0.2, -0.15) is 0 Å². The normalized spacial score (nSPS) is 14.3. The SMILES string of the molecule is O=C(NCCN1C(=O)CSC1=O)c1ccc(-c2ccc(F)cc2)o1. The summed E-state index contributed by atoms with van der Waals surface area (Å²) in [7, 11) is 0. The summed E-state index contributed by atoms with van der Waals surface area (Å²) in [5, 5.41) is 2.29. The Morgan fingerprint density at radius 1 is 1.21 bits per heavy atom. The van der Waals surface area contributed by atoms with Gasteiger partial charge in [0.15, 0.2) is 5.76 Å². The number of imide groups is 1. The van der Waals surface area contributed by atoms with Crippen molar-refractivity contribution in [1.82, 2.24) is 10.2 Å². The summed E-state index contributed by atoms with van der Waals surface area (Å²) in [6, 6.07) is 8.85. The van der Waals surface area contributed by atoms with Crippen molar-refractivity contribution in [1.29, 1.82) is 0 Å². The Hall–Kier alpha value is -2.61. The number of carbonyl (C=O) groups excluding carboxylic acids is 3. The number of halogens is 1. The molecule has 2 heterocycles. The minimum absolute atomic E-state index is 0.0998. The van der Waals surface area contributed by atoms with E-state index in [1.165, 1.54) is 18.2 Å². The molecule has 124 valence electrons. The molecule has 24 heavy (non-hydrogen) atoms. The molecule has 1 fully saturated rings. The highest BCUT2D eigenvalue weighted by molar-refractivity contribution is 8.14. The highest BCUT2D eigenvalue weighted by Crippen LogP contribution is 2.22. The number of rotatable bonds is 5. The zero-order valence-electron chi connectivity index (χ0n) is 12.5. The molecule has 3 rings (SSSR count). The molecule has 6 nitrogen and oxygen atoms in total. The van der Waals surface area contributed by atoms with Gasteiger partial charge in [-0.1, -0.05) is 11.8 Å². The fourth-order valence-electron chi connectivity index (χ4n) is 2.19. The van der Waals surface area contributed by atoms with Crippen molar-refractivity contribution in [2.75, 3.05) is 18.8 Å². The summed E-state index contributed by atoms with van der Waals surface area (Å²) in [6.07, 6.45) is 0. The Bertz CT molecular complexity index is 772. The van der Waals surface area contributed by atoms with E-state index in [4.69, 9.17) is 4.42 Å². The van der Waals surface area contributed by atoms with Gasteiger partial charge in [-0.05, 0) is 36.4 Å². The molecule has 0 radical (unpaired) electrons. The van der Waals surface area contributed by atoms with Gasteiger partial charge in [-0.25, -0.2) is 4.39 Å². The zero-order valence-corrected chi connectivity index (χ0v) is 13.3. The summed E-state index contributed by atoms with van der Waals surface area (Å²) in [4.78, 5) is 36.0. The molecule has 2 aromatic rings.